The molecule has 0 aromatic carbocycles. The fraction of sp³-hybridized carbons (Fsp3) is 0.500. The van der Waals surface area contributed by atoms with Crippen molar-refractivity contribution in [3.05, 3.63) is 25.6 Å². The first kappa shape index (κ1) is 14.5. The largest absolute Gasteiger partial charge is 0.464 e. The van der Waals surface area contributed by atoms with E-state index in [1.807, 2.05) is 0 Å². The summed E-state index contributed by atoms with van der Waals surface area (Å²) in [5.74, 6) is -0.440. The molecule has 2 aromatic rings. The molecule has 1 atom stereocenters. The number of thiophene rings is 1. The topological polar surface area (TPSA) is 64.1 Å². The number of hydrogen-bond donors (Lipinski definition) is 1. The summed E-state index contributed by atoms with van der Waals surface area (Å²) in [6.45, 7) is 3.66. The molecule has 0 saturated heterocycles. The third-order valence-electron chi connectivity index (χ3n) is 3.81. The number of ether oxygens (including phenoxy) is 1. The van der Waals surface area contributed by atoms with Crippen molar-refractivity contribution in [3.8, 4) is 0 Å². The van der Waals surface area contributed by atoms with Crippen LogP contribution >= 0.6 is 23.6 Å². The normalized spacial score (nSPS) is 15.1. The molecule has 1 aliphatic rings. The molecule has 2 aromatic heterocycles. The Morgan fingerprint density at radius 3 is 3.00 bits per heavy atom. The Balaban J connectivity index is 2.22. The zero-order chi connectivity index (χ0) is 15.1. The summed E-state index contributed by atoms with van der Waals surface area (Å²) in [6, 6.07) is -0.720. The molecule has 0 amide bonds. The van der Waals surface area contributed by atoms with Gasteiger partial charge in [0, 0.05) is 4.88 Å². The number of aryl methyl sites for hydroxylation is 2. The van der Waals surface area contributed by atoms with Gasteiger partial charge in [0.15, 0.2) is 4.77 Å². The minimum Gasteiger partial charge on any atom is -0.464 e. The zero-order valence-corrected chi connectivity index (χ0v) is 13.5. The molecule has 1 unspecified atom stereocenters. The molecular weight excluding hydrogens is 308 g/mol. The zero-order valence-electron chi connectivity index (χ0n) is 11.9. The highest BCUT2D eigenvalue weighted by Gasteiger charge is 2.25. The van der Waals surface area contributed by atoms with Gasteiger partial charge in [-0.2, -0.15) is 0 Å². The maximum absolute atomic E-state index is 12.8. The van der Waals surface area contributed by atoms with Crippen molar-refractivity contribution in [2.24, 2.45) is 0 Å². The number of fused-ring (bicyclic) bond motifs is 3. The van der Waals surface area contributed by atoms with Gasteiger partial charge in [-0.3, -0.25) is 9.36 Å². The quantitative estimate of drug-likeness (QED) is 0.696. The van der Waals surface area contributed by atoms with Crippen molar-refractivity contribution in [2.75, 3.05) is 6.61 Å². The molecule has 3 rings (SSSR count). The molecule has 0 bridgehead atoms. The Kier molecular flexibility index (Phi) is 3.71. The molecule has 7 heteroatoms. The van der Waals surface area contributed by atoms with Crippen LogP contribution in [0.2, 0.25) is 0 Å². The van der Waals surface area contributed by atoms with E-state index >= 15 is 0 Å². The van der Waals surface area contributed by atoms with Gasteiger partial charge in [0.2, 0.25) is 0 Å². The second kappa shape index (κ2) is 5.38. The first-order valence-corrected chi connectivity index (χ1v) is 8.22. The van der Waals surface area contributed by atoms with Crippen molar-refractivity contribution >= 4 is 39.7 Å². The summed E-state index contributed by atoms with van der Waals surface area (Å²) in [5, 5.41) is 0.692. The van der Waals surface area contributed by atoms with Crippen molar-refractivity contribution in [1.29, 1.82) is 0 Å². The third-order valence-corrected chi connectivity index (χ3v) is 5.31. The van der Waals surface area contributed by atoms with Crippen LogP contribution in [0.15, 0.2) is 4.79 Å². The first-order chi connectivity index (χ1) is 10.0. The third kappa shape index (κ3) is 2.24. The summed E-state index contributed by atoms with van der Waals surface area (Å²) < 4.78 is 6.60. The van der Waals surface area contributed by atoms with Crippen LogP contribution in [0.4, 0.5) is 0 Å². The average Bonchev–Trinajstić information content (AvgIpc) is 2.98. The van der Waals surface area contributed by atoms with Gasteiger partial charge in [-0.25, -0.2) is 4.79 Å². The molecule has 0 spiro atoms. The molecule has 0 saturated carbocycles. The van der Waals surface area contributed by atoms with E-state index in [4.69, 9.17) is 17.0 Å². The second-order valence-electron chi connectivity index (χ2n) is 5.09. The number of hydrogen-bond acceptors (Lipinski definition) is 5. The van der Waals surface area contributed by atoms with Crippen molar-refractivity contribution in [2.45, 2.75) is 39.2 Å². The Morgan fingerprint density at radius 2 is 2.29 bits per heavy atom. The number of H-pyrrole nitrogens is 1. The minimum absolute atomic E-state index is 0.186. The number of aromatic nitrogens is 2. The number of aromatic amines is 1. The van der Waals surface area contributed by atoms with Crippen LogP contribution < -0.4 is 5.56 Å². The van der Waals surface area contributed by atoms with E-state index in [-0.39, 0.29) is 16.9 Å². The van der Waals surface area contributed by atoms with E-state index in [0.717, 1.165) is 29.7 Å². The highest BCUT2D eigenvalue weighted by molar-refractivity contribution is 7.71. The highest BCUT2D eigenvalue weighted by Crippen LogP contribution is 2.34. The number of esters is 1. The fourth-order valence-corrected chi connectivity index (χ4v) is 4.50. The lowest BCUT2D eigenvalue weighted by molar-refractivity contribution is -0.146. The average molecular weight is 324 g/mol. The van der Waals surface area contributed by atoms with Gasteiger partial charge in [0.25, 0.3) is 5.56 Å². The van der Waals surface area contributed by atoms with Gasteiger partial charge in [-0.05, 0) is 50.9 Å². The molecule has 2 heterocycles. The van der Waals surface area contributed by atoms with Crippen LogP contribution in [0, 0.1) is 4.77 Å². The maximum atomic E-state index is 12.8. The molecule has 21 heavy (non-hydrogen) atoms. The summed E-state index contributed by atoms with van der Waals surface area (Å²) in [6.07, 6.45) is 3.02. The second-order valence-corrected chi connectivity index (χ2v) is 6.59. The Morgan fingerprint density at radius 1 is 1.52 bits per heavy atom. The predicted octanol–water partition coefficient (Wildman–Crippen LogP) is 2.73. The summed E-state index contributed by atoms with van der Waals surface area (Å²) in [7, 11) is 0. The number of rotatable bonds is 3. The van der Waals surface area contributed by atoms with Gasteiger partial charge in [-0.1, -0.05) is 0 Å². The van der Waals surface area contributed by atoms with Crippen molar-refractivity contribution < 1.29 is 9.53 Å². The fourth-order valence-electron chi connectivity index (χ4n) is 2.81. The van der Waals surface area contributed by atoms with Crippen LogP contribution in [0.25, 0.3) is 10.2 Å². The number of carbonyl (C=O) groups excluding carboxylic acids is 1. The molecule has 1 aliphatic carbocycles. The molecule has 0 radical (unpaired) electrons. The van der Waals surface area contributed by atoms with E-state index < -0.39 is 12.0 Å². The lowest BCUT2D eigenvalue weighted by Gasteiger charge is -2.14. The first-order valence-electron chi connectivity index (χ1n) is 7.00. The van der Waals surface area contributed by atoms with Gasteiger partial charge in [0.1, 0.15) is 10.9 Å². The van der Waals surface area contributed by atoms with Gasteiger partial charge < -0.3 is 9.72 Å². The smallest absolute Gasteiger partial charge is 0.329 e. The van der Waals surface area contributed by atoms with Gasteiger partial charge >= 0.3 is 5.97 Å². The summed E-state index contributed by atoms with van der Waals surface area (Å²) in [5.41, 5.74) is 0.935. The van der Waals surface area contributed by atoms with Crippen LogP contribution in [0.1, 0.15) is 36.8 Å². The molecular formula is C14H16N2O3S2. The monoisotopic (exact) mass is 324 g/mol. The van der Waals surface area contributed by atoms with E-state index in [2.05, 4.69) is 4.98 Å². The molecule has 0 fully saturated rings. The van der Waals surface area contributed by atoms with Crippen LogP contribution in [0.3, 0.4) is 0 Å². The Labute approximate surface area is 130 Å². The van der Waals surface area contributed by atoms with E-state index in [0.29, 0.717) is 5.39 Å². The van der Waals surface area contributed by atoms with Gasteiger partial charge in [-0.15, -0.1) is 11.3 Å². The van der Waals surface area contributed by atoms with Crippen molar-refractivity contribution in [1.82, 2.24) is 9.55 Å². The molecule has 1 N–H and O–H groups in total. The summed E-state index contributed by atoms with van der Waals surface area (Å²) in [4.78, 5) is 29.9. The van der Waals surface area contributed by atoms with Crippen LogP contribution in [-0.4, -0.2) is 22.1 Å². The Bertz CT molecular complexity index is 831. The predicted molar refractivity (Wildman–Crippen MR) is 84.6 cm³/mol. The number of nitrogens with one attached hydrogen (secondary N) is 1. The lowest BCUT2D eigenvalue weighted by Crippen LogP contribution is -2.30. The van der Waals surface area contributed by atoms with Crippen LogP contribution in [-0.2, 0) is 22.4 Å². The minimum atomic E-state index is -0.720. The highest BCUT2D eigenvalue weighted by atomic mass is 32.1. The molecule has 5 nitrogen and oxygen atoms in total. The number of carbonyl (C=O) groups is 1. The lowest BCUT2D eigenvalue weighted by atomic mass is 10.2. The Hall–Kier alpha value is -1.47. The van der Waals surface area contributed by atoms with E-state index in [1.54, 1.807) is 25.2 Å². The SMILES string of the molecule is CCOC(=O)C(C)n1c(=S)[nH]c2sc3c(c2c1=O)CCC3. The maximum Gasteiger partial charge on any atom is 0.329 e. The molecule has 112 valence electrons. The van der Waals surface area contributed by atoms with Gasteiger partial charge in [0.05, 0.1) is 12.0 Å². The van der Waals surface area contributed by atoms with Crippen molar-refractivity contribution in [3.63, 3.8) is 0 Å². The standard InChI is InChI=1S/C14H16N2O3S2/c1-3-19-13(18)7(2)16-12(17)10-8-5-4-6-9(8)21-11(10)15-14(16)20/h7H,3-6H2,1-2H3,(H,15,20). The molecule has 0 aliphatic heterocycles. The van der Waals surface area contributed by atoms with Crippen LogP contribution in [0.5, 0.6) is 0 Å². The number of nitrogens with zero attached hydrogens (tertiary/aromatic N) is 1. The summed E-state index contributed by atoms with van der Waals surface area (Å²) >= 11 is 6.86. The van der Waals surface area contributed by atoms with E-state index in [1.165, 1.54) is 9.44 Å². The van der Waals surface area contributed by atoms with E-state index in [9.17, 15) is 9.59 Å².